The van der Waals surface area contributed by atoms with Crippen LogP contribution >= 0.6 is 0 Å². The number of fused-ring (bicyclic) bond motifs is 1. The van der Waals surface area contributed by atoms with Gasteiger partial charge in [0.1, 0.15) is 11.4 Å². The summed E-state index contributed by atoms with van der Waals surface area (Å²) in [5, 5.41) is 0. The van der Waals surface area contributed by atoms with Gasteiger partial charge >= 0.3 is 0 Å². The minimum Gasteiger partial charge on any atom is -0.496 e. The maximum absolute atomic E-state index is 12.7. The maximum atomic E-state index is 12.7. The highest BCUT2D eigenvalue weighted by atomic mass is 32.2. The summed E-state index contributed by atoms with van der Waals surface area (Å²) in [6, 6.07) is 9.39. The molecule has 0 bridgehead atoms. The molecule has 1 amide bonds. The van der Waals surface area contributed by atoms with E-state index in [0.29, 0.717) is 5.75 Å². The van der Waals surface area contributed by atoms with Crippen LogP contribution in [0.1, 0.15) is 5.56 Å². The molecule has 0 saturated heterocycles. The second-order valence-corrected chi connectivity index (χ2v) is 6.94. The van der Waals surface area contributed by atoms with E-state index in [1.807, 2.05) is 0 Å². The number of nitrogens with two attached hydrogens (primary N) is 1. The first-order chi connectivity index (χ1) is 12.4. The number of nitrogens with one attached hydrogen (secondary N) is 1. The third-order valence-corrected chi connectivity index (χ3v) is 4.96. The zero-order valence-electron chi connectivity index (χ0n) is 13.8. The summed E-state index contributed by atoms with van der Waals surface area (Å²) < 4.78 is 44.0. The monoisotopic (exact) mass is 376 g/mol. The Hall–Kier alpha value is -3.20. The number of methoxy groups -OCH3 is 1. The van der Waals surface area contributed by atoms with Crippen molar-refractivity contribution in [2.24, 2.45) is 5.73 Å². The van der Waals surface area contributed by atoms with Gasteiger partial charge in [-0.05, 0) is 18.2 Å². The predicted molar refractivity (Wildman–Crippen MR) is 94.6 cm³/mol. The Kier molecular flexibility index (Phi) is 4.72. The van der Waals surface area contributed by atoms with Gasteiger partial charge in [-0.1, -0.05) is 18.2 Å². The summed E-state index contributed by atoms with van der Waals surface area (Å²) in [5.41, 5.74) is 5.53. The number of anilines is 1. The van der Waals surface area contributed by atoms with E-state index in [1.54, 1.807) is 24.3 Å². The van der Waals surface area contributed by atoms with Crippen molar-refractivity contribution < 1.29 is 27.4 Å². The molecule has 0 aromatic heterocycles. The van der Waals surface area contributed by atoms with E-state index in [0.717, 1.165) is 6.08 Å². The molecule has 26 heavy (non-hydrogen) atoms. The third kappa shape index (κ3) is 3.42. The van der Waals surface area contributed by atoms with Crippen LogP contribution < -0.4 is 24.7 Å². The van der Waals surface area contributed by atoms with Crippen LogP contribution in [0, 0.1) is 0 Å². The van der Waals surface area contributed by atoms with Crippen LogP contribution in [-0.2, 0) is 14.8 Å². The van der Waals surface area contributed by atoms with E-state index in [1.165, 1.54) is 25.3 Å². The van der Waals surface area contributed by atoms with E-state index in [9.17, 15) is 13.2 Å². The number of benzene rings is 2. The fourth-order valence-corrected chi connectivity index (χ4v) is 3.53. The van der Waals surface area contributed by atoms with Crippen molar-refractivity contribution >= 4 is 27.7 Å². The second kappa shape index (κ2) is 6.96. The van der Waals surface area contributed by atoms with E-state index < -0.39 is 15.9 Å². The zero-order chi connectivity index (χ0) is 18.7. The van der Waals surface area contributed by atoms with E-state index in [4.69, 9.17) is 19.9 Å². The molecule has 2 aromatic rings. The van der Waals surface area contributed by atoms with E-state index >= 15 is 0 Å². The van der Waals surface area contributed by atoms with Gasteiger partial charge in [-0.25, -0.2) is 8.42 Å². The van der Waals surface area contributed by atoms with Gasteiger partial charge in [0.15, 0.2) is 11.5 Å². The summed E-state index contributed by atoms with van der Waals surface area (Å²) in [6.45, 7) is -0.0679. The van der Waals surface area contributed by atoms with Gasteiger partial charge in [0.25, 0.3) is 10.0 Å². The lowest BCUT2D eigenvalue weighted by molar-refractivity contribution is -0.113. The van der Waals surface area contributed by atoms with Crippen LogP contribution in [-0.4, -0.2) is 28.2 Å². The van der Waals surface area contributed by atoms with Crippen LogP contribution in [0.5, 0.6) is 17.2 Å². The largest absolute Gasteiger partial charge is 0.496 e. The van der Waals surface area contributed by atoms with Gasteiger partial charge in [-0.3, -0.25) is 9.52 Å². The lowest BCUT2D eigenvalue weighted by atomic mass is 10.1. The summed E-state index contributed by atoms with van der Waals surface area (Å²) in [7, 11) is -2.50. The summed E-state index contributed by atoms with van der Waals surface area (Å²) >= 11 is 0. The Labute approximate surface area is 150 Å². The molecule has 1 heterocycles. The highest BCUT2D eigenvalue weighted by Crippen LogP contribution is 2.47. The normalized spacial score (nSPS) is 13.0. The summed E-state index contributed by atoms with van der Waals surface area (Å²) in [4.78, 5) is 11.2. The first-order valence-corrected chi connectivity index (χ1v) is 8.96. The lowest BCUT2D eigenvalue weighted by Crippen LogP contribution is -2.14. The first-order valence-electron chi connectivity index (χ1n) is 7.48. The van der Waals surface area contributed by atoms with E-state index in [2.05, 4.69) is 4.72 Å². The quantitative estimate of drug-likeness (QED) is 0.742. The molecule has 3 N–H and O–H groups in total. The molecule has 136 valence electrons. The average molecular weight is 376 g/mol. The summed E-state index contributed by atoms with van der Waals surface area (Å²) in [6.07, 6.45) is 2.45. The number of rotatable bonds is 6. The molecule has 2 aromatic carbocycles. The molecule has 1 aliphatic rings. The molecule has 3 rings (SSSR count). The Morgan fingerprint density at radius 2 is 2.00 bits per heavy atom. The minimum atomic E-state index is -3.91. The molecule has 0 atom stereocenters. The number of carbonyl (C=O) groups is 1. The van der Waals surface area contributed by atoms with Gasteiger partial charge in [0, 0.05) is 17.7 Å². The van der Waals surface area contributed by atoms with Crippen molar-refractivity contribution in [3.8, 4) is 17.2 Å². The topological polar surface area (TPSA) is 117 Å². The standard InChI is InChI=1S/C17H16N2O6S/c1-23-13-9-14-17(25-10-24-14)16(12(13)7-8-15(18)20)19-26(21,22)11-5-3-2-4-6-11/h2-9,19H,10H2,1H3,(H2,18,20). The first kappa shape index (κ1) is 17.6. The number of hydrogen-bond acceptors (Lipinski definition) is 6. The SMILES string of the molecule is COc1cc2c(c(NS(=O)(=O)c3ccccc3)c1C=CC(N)=O)OCO2. The van der Waals surface area contributed by atoms with Crippen molar-refractivity contribution in [3.05, 3.63) is 48.0 Å². The highest BCUT2D eigenvalue weighted by Gasteiger charge is 2.27. The van der Waals surface area contributed by atoms with Crippen molar-refractivity contribution in [2.45, 2.75) is 4.90 Å². The average Bonchev–Trinajstić information content (AvgIpc) is 3.09. The molecule has 1 aliphatic heterocycles. The van der Waals surface area contributed by atoms with Crippen molar-refractivity contribution in [1.29, 1.82) is 0 Å². The fourth-order valence-electron chi connectivity index (χ4n) is 2.43. The molecule has 0 saturated carbocycles. The number of amides is 1. The zero-order valence-corrected chi connectivity index (χ0v) is 14.6. The van der Waals surface area contributed by atoms with Crippen LogP contribution in [0.15, 0.2) is 47.4 Å². The number of sulfonamides is 1. The predicted octanol–water partition coefficient (Wildman–Crippen LogP) is 1.72. The Morgan fingerprint density at radius 3 is 2.65 bits per heavy atom. The number of hydrogen-bond donors (Lipinski definition) is 2. The van der Waals surface area contributed by atoms with Crippen LogP contribution in [0.2, 0.25) is 0 Å². The number of carbonyl (C=O) groups excluding carboxylic acids is 1. The molecular weight excluding hydrogens is 360 g/mol. The smallest absolute Gasteiger partial charge is 0.262 e. The van der Waals surface area contributed by atoms with E-state index in [-0.39, 0.29) is 34.4 Å². The summed E-state index contributed by atoms with van der Waals surface area (Å²) in [5.74, 6) is 0.123. The molecule has 0 fully saturated rings. The molecule has 0 radical (unpaired) electrons. The van der Waals surface area contributed by atoms with Gasteiger partial charge in [-0.15, -0.1) is 0 Å². The van der Waals surface area contributed by atoms with Crippen LogP contribution in [0.25, 0.3) is 6.08 Å². The van der Waals surface area contributed by atoms with Crippen LogP contribution in [0.3, 0.4) is 0 Å². The second-order valence-electron chi connectivity index (χ2n) is 5.26. The van der Waals surface area contributed by atoms with Gasteiger partial charge < -0.3 is 19.9 Å². The molecule has 8 nitrogen and oxygen atoms in total. The Bertz CT molecular complexity index is 970. The number of ether oxygens (including phenoxy) is 3. The highest BCUT2D eigenvalue weighted by molar-refractivity contribution is 7.92. The molecule has 0 unspecified atom stereocenters. The van der Waals surface area contributed by atoms with Gasteiger partial charge in [-0.2, -0.15) is 0 Å². The third-order valence-electron chi connectivity index (χ3n) is 3.59. The minimum absolute atomic E-state index is 0.0679. The molecule has 9 heteroatoms. The van der Waals surface area contributed by atoms with Crippen molar-refractivity contribution in [2.75, 3.05) is 18.6 Å². The van der Waals surface area contributed by atoms with Crippen molar-refractivity contribution in [3.63, 3.8) is 0 Å². The molecular formula is C17H16N2O6S. The maximum Gasteiger partial charge on any atom is 0.262 e. The van der Waals surface area contributed by atoms with Crippen molar-refractivity contribution in [1.82, 2.24) is 0 Å². The molecule has 0 spiro atoms. The van der Waals surface area contributed by atoms with Gasteiger partial charge in [0.2, 0.25) is 12.7 Å². The Balaban J connectivity index is 2.16. The lowest BCUT2D eigenvalue weighted by Gasteiger charge is -2.16. The number of primary amides is 1. The van der Waals surface area contributed by atoms with Crippen LogP contribution in [0.4, 0.5) is 5.69 Å². The van der Waals surface area contributed by atoms with Gasteiger partial charge in [0.05, 0.1) is 12.0 Å². The molecule has 0 aliphatic carbocycles. The fraction of sp³-hybridized carbons (Fsp3) is 0.118. The Morgan fingerprint density at radius 1 is 1.27 bits per heavy atom.